The van der Waals surface area contributed by atoms with Crippen molar-refractivity contribution in [2.45, 2.75) is 24.7 Å². The van der Waals surface area contributed by atoms with E-state index >= 15 is 0 Å². The molecule has 150 valence electrons. The molecule has 0 aliphatic carbocycles. The Bertz CT molecular complexity index is 1100. The molecule has 29 heavy (non-hydrogen) atoms. The molecule has 0 fully saturated rings. The van der Waals surface area contributed by atoms with Gasteiger partial charge in [-0.25, -0.2) is 9.37 Å². The summed E-state index contributed by atoms with van der Waals surface area (Å²) in [6, 6.07) is 13.0. The Hall–Kier alpha value is -2.93. The number of hydrogen-bond acceptors (Lipinski definition) is 4. The maximum absolute atomic E-state index is 13.1. The Morgan fingerprint density at radius 1 is 1.28 bits per heavy atom. The van der Waals surface area contributed by atoms with Gasteiger partial charge in [-0.15, -0.1) is 6.58 Å². The molecule has 0 spiro atoms. The minimum Gasteiger partial charge on any atom is -0.338 e. The van der Waals surface area contributed by atoms with Gasteiger partial charge in [0, 0.05) is 13.6 Å². The van der Waals surface area contributed by atoms with Crippen molar-refractivity contribution in [3.8, 4) is 0 Å². The number of fused-ring (bicyclic) bond motifs is 1. The van der Waals surface area contributed by atoms with Crippen LogP contribution in [0.5, 0.6) is 0 Å². The average molecular weight is 412 g/mol. The molecule has 1 amide bonds. The van der Waals surface area contributed by atoms with Crippen molar-refractivity contribution in [2.75, 3.05) is 12.8 Å². The first-order chi connectivity index (χ1) is 13.9. The number of carbonyl (C=O) groups is 1. The summed E-state index contributed by atoms with van der Waals surface area (Å²) in [7, 11) is 1.71. The van der Waals surface area contributed by atoms with E-state index in [0.29, 0.717) is 22.6 Å². The molecular formula is C22H22FN3O2S. The van der Waals surface area contributed by atoms with E-state index in [1.807, 2.05) is 13.0 Å². The fourth-order valence-electron chi connectivity index (χ4n) is 2.96. The number of para-hydroxylation sites is 1. The Morgan fingerprint density at radius 2 is 1.97 bits per heavy atom. The molecule has 3 rings (SSSR count). The summed E-state index contributed by atoms with van der Waals surface area (Å²) < 4.78 is 14.7. The van der Waals surface area contributed by atoms with Crippen LogP contribution in [0.1, 0.15) is 18.5 Å². The summed E-state index contributed by atoms with van der Waals surface area (Å²) in [6.45, 7) is 5.91. The molecular weight excluding hydrogens is 389 g/mol. The van der Waals surface area contributed by atoms with Crippen LogP contribution in [0, 0.1) is 5.82 Å². The molecule has 2 aromatic carbocycles. The van der Waals surface area contributed by atoms with Crippen molar-refractivity contribution >= 4 is 28.6 Å². The highest BCUT2D eigenvalue weighted by Crippen LogP contribution is 2.22. The van der Waals surface area contributed by atoms with E-state index in [1.165, 1.54) is 28.5 Å². The van der Waals surface area contributed by atoms with Gasteiger partial charge < -0.3 is 4.90 Å². The van der Waals surface area contributed by atoms with Gasteiger partial charge in [-0.1, -0.05) is 42.1 Å². The van der Waals surface area contributed by atoms with Crippen LogP contribution in [0.4, 0.5) is 4.39 Å². The van der Waals surface area contributed by atoms with Gasteiger partial charge in [0.15, 0.2) is 5.16 Å². The minimum absolute atomic E-state index is 0.112. The van der Waals surface area contributed by atoms with Crippen molar-refractivity contribution in [3.05, 3.63) is 82.9 Å². The molecule has 0 aliphatic heterocycles. The molecule has 3 aromatic rings. The first kappa shape index (κ1) is 20.8. The average Bonchev–Trinajstić information content (AvgIpc) is 2.74. The second-order valence-corrected chi connectivity index (χ2v) is 7.58. The van der Waals surface area contributed by atoms with E-state index in [2.05, 4.69) is 11.6 Å². The SMILES string of the molecule is C=CCn1c(SCC(=O)N(C)C(C)c2ccc(F)cc2)nc2ccccc2c1=O. The largest absolute Gasteiger partial charge is 0.338 e. The third-order valence-electron chi connectivity index (χ3n) is 4.79. The molecule has 0 bridgehead atoms. The van der Waals surface area contributed by atoms with E-state index < -0.39 is 0 Å². The molecule has 5 nitrogen and oxygen atoms in total. The Morgan fingerprint density at radius 3 is 2.66 bits per heavy atom. The zero-order valence-corrected chi connectivity index (χ0v) is 17.2. The summed E-state index contributed by atoms with van der Waals surface area (Å²) in [5.74, 6) is -0.295. The molecule has 0 saturated heterocycles. The number of rotatable bonds is 7. The third kappa shape index (κ3) is 4.56. The van der Waals surface area contributed by atoms with Crippen LogP contribution in [0.3, 0.4) is 0 Å². The van der Waals surface area contributed by atoms with E-state index in [0.717, 1.165) is 5.56 Å². The number of thioether (sulfide) groups is 1. The lowest BCUT2D eigenvalue weighted by Crippen LogP contribution is -2.31. The molecule has 7 heteroatoms. The van der Waals surface area contributed by atoms with Crippen molar-refractivity contribution in [2.24, 2.45) is 0 Å². The summed E-state index contributed by atoms with van der Waals surface area (Å²) in [6.07, 6.45) is 1.63. The second kappa shape index (κ2) is 9.05. The van der Waals surface area contributed by atoms with Crippen LogP contribution < -0.4 is 5.56 Å². The minimum atomic E-state index is -0.312. The lowest BCUT2D eigenvalue weighted by atomic mass is 10.1. The zero-order valence-electron chi connectivity index (χ0n) is 16.3. The fourth-order valence-corrected chi connectivity index (χ4v) is 3.89. The smallest absolute Gasteiger partial charge is 0.262 e. The Balaban J connectivity index is 1.79. The number of allylic oxidation sites excluding steroid dienone is 1. The molecule has 0 aliphatic rings. The molecule has 1 unspecified atom stereocenters. The van der Waals surface area contributed by atoms with Gasteiger partial charge in [-0.2, -0.15) is 0 Å². The number of benzene rings is 2. The third-order valence-corrected chi connectivity index (χ3v) is 5.75. The summed E-state index contributed by atoms with van der Waals surface area (Å²) in [4.78, 5) is 31.7. The molecule has 0 radical (unpaired) electrons. The maximum atomic E-state index is 13.1. The fraction of sp³-hybridized carbons (Fsp3) is 0.227. The van der Waals surface area contributed by atoms with Crippen LogP contribution in [-0.4, -0.2) is 33.2 Å². The number of hydrogen-bond donors (Lipinski definition) is 0. The zero-order chi connectivity index (χ0) is 21.0. The van der Waals surface area contributed by atoms with Gasteiger partial charge in [-0.3, -0.25) is 14.2 Å². The van der Waals surface area contributed by atoms with Crippen LogP contribution in [0.25, 0.3) is 10.9 Å². The van der Waals surface area contributed by atoms with Crippen molar-refractivity contribution in [1.29, 1.82) is 0 Å². The molecule has 0 N–H and O–H groups in total. The normalized spacial score (nSPS) is 12.0. The predicted molar refractivity (Wildman–Crippen MR) is 115 cm³/mol. The van der Waals surface area contributed by atoms with E-state index in [4.69, 9.17) is 0 Å². The first-order valence-corrected chi connectivity index (χ1v) is 10.2. The number of carbonyl (C=O) groups excluding carboxylic acids is 1. The number of amides is 1. The molecule has 1 atom stereocenters. The van der Waals surface area contributed by atoms with E-state index in [1.54, 1.807) is 48.4 Å². The lowest BCUT2D eigenvalue weighted by Gasteiger charge is -2.25. The quantitative estimate of drug-likeness (QED) is 0.335. The van der Waals surface area contributed by atoms with Crippen LogP contribution in [0.15, 0.2) is 71.1 Å². The number of nitrogens with zero attached hydrogens (tertiary/aromatic N) is 3. The molecule has 1 aromatic heterocycles. The van der Waals surface area contributed by atoms with Gasteiger partial charge in [0.25, 0.3) is 5.56 Å². The van der Waals surface area contributed by atoms with Crippen LogP contribution in [0.2, 0.25) is 0 Å². The van der Waals surface area contributed by atoms with Gasteiger partial charge >= 0.3 is 0 Å². The summed E-state index contributed by atoms with van der Waals surface area (Å²) in [5.41, 5.74) is 1.29. The monoisotopic (exact) mass is 411 g/mol. The van der Waals surface area contributed by atoms with Crippen molar-refractivity contribution < 1.29 is 9.18 Å². The maximum Gasteiger partial charge on any atom is 0.262 e. The van der Waals surface area contributed by atoms with Crippen LogP contribution in [-0.2, 0) is 11.3 Å². The highest BCUT2D eigenvalue weighted by molar-refractivity contribution is 7.99. The first-order valence-electron chi connectivity index (χ1n) is 9.16. The van der Waals surface area contributed by atoms with Crippen molar-refractivity contribution in [1.82, 2.24) is 14.5 Å². The highest BCUT2D eigenvalue weighted by atomic mass is 32.2. The van der Waals surface area contributed by atoms with Gasteiger partial charge in [0.2, 0.25) is 5.91 Å². The summed E-state index contributed by atoms with van der Waals surface area (Å²) in [5, 5.41) is 1.01. The molecule has 0 saturated carbocycles. The lowest BCUT2D eigenvalue weighted by molar-refractivity contribution is -0.128. The van der Waals surface area contributed by atoms with Gasteiger partial charge in [0.05, 0.1) is 22.7 Å². The molecule has 1 heterocycles. The van der Waals surface area contributed by atoms with E-state index in [9.17, 15) is 14.0 Å². The van der Waals surface area contributed by atoms with Gasteiger partial charge in [-0.05, 0) is 36.8 Å². The predicted octanol–water partition coefficient (Wildman–Crippen LogP) is 4.03. The Labute approximate surface area is 172 Å². The number of halogens is 1. The van der Waals surface area contributed by atoms with Crippen molar-refractivity contribution in [3.63, 3.8) is 0 Å². The number of aromatic nitrogens is 2. The standard InChI is InChI=1S/C22H22FN3O2S/c1-4-13-26-21(28)18-7-5-6-8-19(18)24-22(26)29-14-20(27)25(3)15(2)16-9-11-17(23)12-10-16/h4-12,15H,1,13-14H2,2-3H3. The topological polar surface area (TPSA) is 55.2 Å². The Kier molecular flexibility index (Phi) is 6.49. The highest BCUT2D eigenvalue weighted by Gasteiger charge is 2.19. The summed E-state index contributed by atoms with van der Waals surface area (Å²) >= 11 is 1.22. The second-order valence-electron chi connectivity index (χ2n) is 6.64. The van der Waals surface area contributed by atoms with Gasteiger partial charge in [0.1, 0.15) is 5.82 Å². The van der Waals surface area contributed by atoms with Crippen LogP contribution >= 0.6 is 11.8 Å². The van der Waals surface area contributed by atoms with E-state index in [-0.39, 0.29) is 29.1 Å².